The van der Waals surface area contributed by atoms with Crippen LogP contribution in [0.15, 0.2) is 18.2 Å². The lowest BCUT2D eigenvalue weighted by Gasteiger charge is -1.97. The van der Waals surface area contributed by atoms with Gasteiger partial charge in [0.1, 0.15) is 0 Å². The molecule has 0 aliphatic heterocycles. The first-order valence-corrected chi connectivity index (χ1v) is 7.73. The van der Waals surface area contributed by atoms with Gasteiger partial charge in [-0.05, 0) is 42.5 Å². The number of thiophene rings is 1. The van der Waals surface area contributed by atoms with Crippen LogP contribution in [0.25, 0.3) is 10.1 Å². The van der Waals surface area contributed by atoms with Crippen molar-refractivity contribution in [2.75, 3.05) is 5.33 Å². The van der Waals surface area contributed by atoms with Gasteiger partial charge in [0, 0.05) is 21.5 Å². The molecule has 90 valence electrons. The molecule has 4 heteroatoms. The van der Waals surface area contributed by atoms with E-state index in [2.05, 4.69) is 15.9 Å². The molecule has 0 bridgehead atoms. The summed E-state index contributed by atoms with van der Waals surface area (Å²) in [4.78, 5) is 12.9. The van der Waals surface area contributed by atoms with E-state index < -0.39 is 0 Å². The Bertz CT molecular complexity index is 562. The summed E-state index contributed by atoms with van der Waals surface area (Å²) in [6, 6.07) is 5.78. The zero-order valence-corrected chi connectivity index (χ0v) is 12.6. The highest BCUT2D eigenvalue weighted by Gasteiger charge is 2.14. The molecule has 0 aliphatic rings. The largest absolute Gasteiger partial charge is 0.293 e. The molecule has 0 spiro atoms. The molecule has 0 saturated heterocycles. The quantitative estimate of drug-likeness (QED) is 0.554. The summed E-state index contributed by atoms with van der Waals surface area (Å²) in [7, 11) is 0. The van der Waals surface area contributed by atoms with Gasteiger partial charge < -0.3 is 0 Å². The van der Waals surface area contributed by atoms with E-state index in [1.54, 1.807) is 11.3 Å². The number of fused-ring (bicyclic) bond motifs is 1. The summed E-state index contributed by atoms with van der Waals surface area (Å²) in [5.74, 6) is 0.235. The number of hydrogen-bond acceptors (Lipinski definition) is 2. The first kappa shape index (κ1) is 13.1. The third-order valence-electron chi connectivity index (χ3n) is 2.69. The van der Waals surface area contributed by atoms with Crippen molar-refractivity contribution in [3.63, 3.8) is 0 Å². The van der Waals surface area contributed by atoms with Crippen LogP contribution in [0.3, 0.4) is 0 Å². The van der Waals surface area contributed by atoms with Crippen LogP contribution in [-0.4, -0.2) is 11.1 Å². The van der Waals surface area contributed by atoms with Gasteiger partial charge in [0.2, 0.25) is 0 Å². The molecule has 0 fully saturated rings. The number of halogens is 2. The molecule has 1 heterocycles. The van der Waals surface area contributed by atoms with E-state index in [9.17, 15) is 4.79 Å². The van der Waals surface area contributed by atoms with E-state index in [0.29, 0.717) is 6.42 Å². The van der Waals surface area contributed by atoms with Crippen LogP contribution < -0.4 is 0 Å². The maximum Gasteiger partial charge on any atom is 0.173 e. The molecular weight excluding hydrogens is 320 g/mol. The van der Waals surface area contributed by atoms with Gasteiger partial charge in [-0.15, -0.1) is 11.3 Å². The van der Waals surface area contributed by atoms with Crippen molar-refractivity contribution in [2.45, 2.75) is 19.8 Å². The summed E-state index contributed by atoms with van der Waals surface area (Å²) >= 11 is 10.9. The second kappa shape index (κ2) is 5.51. The normalized spacial score (nSPS) is 11.0. The van der Waals surface area contributed by atoms with Crippen molar-refractivity contribution in [2.24, 2.45) is 0 Å². The number of benzene rings is 1. The second-order valence-corrected chi connectivity index (χ2v) is 6.19. The highest BCUT2D eigenvalue weighted by Crippen LogP contribution is 2.33. The van der Waals surface area contributed by atoms with Gasteiger partial charge >= 0.3 is 0 Å². The van der Waals surface area contributed by atoms with Crippen molar-refractivity contribution in [3.8, 4) is 0 Å². The molecule has 0 saturated carbocycles. The Hall–Kier alpha value is -0.380. The monoisotopic (exact) mass is 330 g/mol. The SMILES string of the molecule is Cc1c(C(=O)CCCBr)sc2ccc(Cl)cc12. The lowest BCUT2D eigenvalue weighted by Crippen LogP contribution is -1.98. The topological polar surface area (TPSA) is 17.1 Å². The highest BCUT2D eigenvalue weighted by atomic mass is 79.9. The number of carbonyl (C=O) groups excluding carboxylic acids is 1. The molecule has 0 amide bonds. The third kappa shape index (κ3) is 2.72. The molecule has 2 rings (SSSR count). The molecule has 2 aromatic rings. The molecular formula is C13H12BrClOS. The molecule has 0 atom stereocenters. The summed E-state index contributed by atoms with van der Waals surface area (Å²) in [6.07, 6.45) is 1.49. The lowest BCUT2D eigenvalue weighted by atomic mass is 10.1. The Morgan fingerprint density at radius 2 is 2.24 bits per heavy atom. The van der Waals surface area contributed by atoms with E-state index in [4.69, 9.17) is 11.6 Å². The molecule has 0 aliphatic carbocycles. The predicted octanol–water partition coefficient (Wildman–Crippen LogP) is 5.22. The van der Waals surface area contributed by atoms with Crippen molar-refractivity contribution in [1.29, 1.82) is 0 Å². The molecule has 0 unspecified atom stereocenters. The molecule has 17 heavy (non-hydrogen) atoms. The fourth-order valence-corrected chi connectivity index (χ4v) is 3.41. The Morgan fingerprint density at radius 1 is 1.47 bits per heavy atom. The van der Waals surface area contributed by atoms with Gasteiger partial charge in [0.05, 0.1) is 4.88 Å². The molecule has 0 N–H and O–H groups in total. The fourth-order valence-electron chi connectivity index (χ4n) is 1.80. The van der Waals surface area contributed by atoms with Crippen LogP contribution in [-0.2, 0) is 0 Å². The maximum atomic E-state index is 12.0. The first-order valence-electron chi connectivity index (χ1n) is 5.41. The number of rotatable bonds is 4. The average Bonchev–Trinajstić information content (AvgIpc) is 2.64. The maximum absolute atomic E-state index is 12.0. The Morgan fingerprint density at radius 3 is 2.94 bits per heavy atom. The summed E-state index contributed by atoms with van der Waals surface area (Å²) in [6.45, 7) is 2.00. The van der Waals surface area contributed by atoms with Gasteiger partial charge in [0.25, 0.3) is 0 Å². The Kier molecular flexibility index (Phi) is 4.23. The predicted molar refractivity (Wildman–Crippen MR) is 78.9 cm³/mol. The van der Waals surface area contributed by atoms with Gasteiger partial charge in [-0.2, -0.15) is 0 Å². The second-order valence-electron chi connectivity index (χ2n) is 3.91. The summed E-state index contributed by atoms with van der Waals surface area (Å²) in [5, 5.41) is 2.69. The third-order valence-corrected chi connectivity index (χ3v) is 4.80. The van der Waals surface area contributed by atoms with Gasteiger partial charge in [0.15, 0.2) is 5.78 Å². The van der Waals surface area contributed by atoms with Crippen LogP contribution in [0.5, 0.6) is 0 Å². The standard InChI is InChI=1S/C13H12BrClOS/c1-8-10-7-9(15)4-5-12(10)17-13(8)11(16)3-2-6-14/h4-5,7H,2-3,6H2,1H3. The van der Waals surface area contributed by atoms with Gasteiger partial charge in [-0.25, -0.2) is 0 Å². The molecule has 1 nitrogen and oxygen atoms in total. The minimum atomic E-state index is 0.235. The number of alkyl halides is 1. The molecule has 0 radical (unpaired) electrons. The van der Waals surface area contributed by atoms with E-state index in [0.717, 1.165) is 37.3 Å². The Balaban J connectivity index is 2.42. The van der Waals surface area contributed by atoms with Gasteiger partial charge in [-0.1, -0.05) is 27.5 Å². The highest BCUT2D eigenvalue weighted by molar-refractivity contribution is 9.09. The number of Topliss-reactive ketones (excluding diaryl/α,β-unsaturated/α-hetero) is 1. The van der Waals surface area contributed by atoms with E-state index in [1.807, 2.05) is 25.1 Å². The van der Waals surface area contributed by atoms with Crippen molar-refractivity contribution >= 4 is 54.7 Å². The molecule has 1 aromatic heterocycles. The minimum Gasteiger partial charge on any atom is -0.293 e. The van der Waals surface area contributed by atoms with Crippen LogP contribution >= 0.6 is 38.9 Å². The van der Waals surface area contributed by atoms with Crippen molar-refractivity contribution < 1.29 is 4.79 Å². The zero-order chi connectivity index (χ0) is 12.4. The summed E-state index contributed by atoms with van der Waals surface area (Å²) in [5.41, 5.74) is 1.06. The number of aryl methyl sites for hydroxylation is 1. The molecule has 1 aromatic carbocycles. The van der Waals surface area contributed by atoms with Crippen LogP contribution in [0.1, 0.15) is 28.1 Å². The van der Waals surface area contributed by atoms with Crippen LogP contribution in [0, 0.1) is 6.92 Å². The minimum absolute atomic E-state index is 0.235. The van der Waals surface area contributed by atoms with E-state index in [-0.39, 0.29) is 5.78 Å². The zero-order valence-electron chi connectivity index (χ0n) is 9.43. The lowest BCUT2D eigenvalue weighted by molar-refractivity contribution is 0.0985. The van der Waals surface area contributed by atoms with Crippen molar-refractivity contribution in [1.82, 2.24) is 0 Å². The van der Waals surface area contributed by atoms with Crippen LogP contribution in [0.4, 0.5) is 0 Å². The number of carbonyl (C=O) groups is 1. The summed E-state index contributed by atoms with van der Waals surface area (Å²) < 4.78 is 1.13. The van der Waals surface area contributed by atoms with E-state index >= 15 is 0 Å². The Labute approximate surface area is 118 Å². The average molecular weight is 332 g/mol. The van der Waals surface area contributed by atoms with Crippen LogP contribution in [0.2, 0.25) is 5.02 Å². The van der Waals surface area contributed by atoms with Gasteiger partial charge in [-0.3, -0.25) is 4.79 Å². The van der Waals surface area contributed by atoms with Crippen molar-refractivity contribution in [3.05, 3.63) is 33.7 Å². The first-order chi connectivity index (χ1) is 8.13. The number of ketones is 1. The smallest absolute Gasteiger partial charge is 0.173 e. The fraction of sp³-hybridized carbons (Fsp3) is 0.308. The van der Waals surface area contributed by atoms with E-state index in [1.165, 1.54) is 0 Å². The number of hydrogen-bond donors (Lipinski definition) is 0.